The van der Waals surface area contributed by atoms with Crippen molar-refractivity contribution in [2.45, 2.75) is 44.0 Å². The lowest BCUT2D eigenvalue weighted by Crippen LogP contribution is -2.42. The summed E-state index contributed by atoms with van der Waals surface area (Å²) in [5, 5.41) is 0. The maximum atomic E-state index is 6.18. The molecular formula is C15H21NO2. The van der Waals surface area contributed by atoms with Gasteiger partial charge in [0.25, 0.3) is 0 Å². The zero-order valence-electron chi connectivity index (χ0n) is 10.9. The summed E-state index contributed by atoms with van der Waals surface area (Å²) < 4.78 is 12.0. The van der Waals surface area contributed by atoms with E-state index >= 15 is 0 Å². The van der Waals surface area contributed by atoms with E-state index in [-0.39, 0.29) is 11.7 Å². The number of fused-ring (bicyclic) bond motifs is 1. The maximum absolute atomic E-state index is 6.18. The first kappa shape index (κ1) is 12.2. The van der Waals surface area contributed by atoms with Crippen molar-refractivity contribution in [3.05, 3.63) is 35.4 Å². The Bertz CT molecular complexity index is 434. The number of rotatable bonds is 2. The fourth-order valence-corrected chi connectivity index (χ4v) is 3.25. The summed E-state index contributed by atoms with van der Waals surface area (Å²) in [6.07, 6.45) is 2.17. The first-order chi connectivity index (χ1) is 8.75. The summed E-state index contributed by atoms with van der Waals surface area (Å²) in [4.78, 5) is 0. The van der Waals surface area contributed by atoms with E-state index in [0.717, 1.165) is 12.8 Å². The summed E-state index contributed by atoms with van der Waals surface area (Å²) in [6, 6.07) is 8.57. The monoisotopic (exact) mass is 247 g/mol. The highest BCUT2D eigenvalue weighted by molar-refractivity contribution is 5.34. The summed E-state index contributed by atoms with van der Waals surface area (Å²) in [5.41, 5.74) is 8.22. The zero-order chi connectivity index (χ0) is 12.6. The molecule has 3 rings (SSSR count). The summed E-state index contributed by atoms with van der Waals surface area (Å²) in [5.74, 6) is 0.394. The molecule has 0 amide bonds. The molecule has 0 aromatic heterocycles. The molecular weight excluding hydrogens is 226 g/mol. The van der Waals surface area contributed by atoms with E-state index in [4.69, 9.17) is 15.2 Å². The van der Waals surface area contributed by atoms with Crippen LogP contribution < -0.4 is 5.73 Å². The Hall–Kier alpha value is -0.900. The van der Waals surface area contributed by atoms with Crippen molar-refractivity contribution in [3.63, 3.8) is 0 Å². The molecule has 18 heavy (non-hydrogen) atoms. The van der Waals surface area contributed by atoms with Gasteiger partial charge in [-0.25, -0.2) is 0 Å². The minimum absolute atomic E-state index is 0.131. The van der Waals surface area contributed by atoms with Crippen LogP contribution in [0.2, 0.25) is 0 Å². The summed E-state index contributed by atoms with van der Waals surface area (Å²) in [7, 11) is 0. The number of hydrogen-bond acceptors (Lipinski definition) is 3. The molecule has 1 saturated heterocycles. The van der Waals surface area contributed by atoms with Gasteiger partial charge in [0, 0.05) is 12.3 Å². The molecule has 1 aromatic carbocycles. The van der Waals surface area contributed by atoms with Crippen LogP contribution in [0.4, 0.5) is 0 Å². The standard InChI is InChI=1S/C15H21NO2/c1-11-14-5-3-2-4-12(14)9-18-15(11)8-13(6-7-16)17-10-15/h2-5,11,13H,6-10,16H2,1H3. The second kappa shape index (κ2) is 4.65. The molecule has 2 N–H and O–H groups in total. The third kappa shape index (κ3) is 1.87. The topological polar surface area (TPSA) is 44.5 Å². The van der Waals surface area contributed by atoms with Gasteiger partial charge in [0.2, 0.25) is 0 Å². The van der Waals surface area contributed by atoms with Gasteiger partial charge >= 0.3 is 0 Å². The molecule has 1 spiro atoms. The number of hydrogen-bond donors (Lipinski definition) is 1. The molecule has 2 heterocycles. The van der Waals surface area contributed by atoms with Crippen molar-refractivity contribution in [3.8, 4) is 0 Å². The summed E-state index contributed by atoms with van der Waals surface area (Å²) >= 11 is 0. The van der Waals surface area contributed by atoms with Gasteiger partial charge in [-0.1, -0.05) is 31.2 Å². The highest BCUT2D eigenvalue weighted by atomic mass is 16.6. The van der Waals surface area contributed by atoms with Gasteiger partial charge in [0.15, 0.2) is 0 Å². The van der Waals surface area contributed by atoms with Crippen LogP contribution in [0.15, 0.2) is 24.3 Å². The molecule has 0 radical (unpaired) electrons. The predicted molar refractivity (Wildman–Crippen MR) is 70.4 cm³/mol. The van der Waals surface area contributed by atoms with Crippen molar-refractivity contribution in [1.82, 2.24) is 0 Å². The Kier molecular flexibility index (Phi) is 3.14. The van der Waals surface area contributed by atoms with Gasteiger partial charge in [-0.15, -0.1) is 0 Å². The maximum Gasteiger partial charge on any atom is 0.101 e. The molecule has 3 atom stereocenters. The van der Waals surface area contributed by atoms with Crippen LogP contribution in [0.3, 0.4) is 0 Å². The lowest BCUT2D eigenvalue weighted by molar-refractivity contribution is -0.0861. The van der Waals surface area contributed by atoms with E-state index < -0.39 is 0 Å². The molecule has 2 aliphatic heterocycles. The van der Waals surface area contributed by atoms with Crippen LogP contribution in [0.5, 0.6) is 0 Å². The molecule has 0 aliphatic carbocycles. The van der Waals surface area contributed by atoms with Gasteiger partial charge in [-0.2, -0.15) is 0 Å². The Morgan fingerprint density at radius 2 is 2.22 bits per heavy atom. The predicted octanol–water partition coefficient (Wildman–Crippen LogP) is 2.20. The number of nitrogens with two attached hydrogens (primary N) is 1. The van der Waals surface area contributed by atoms with Gasteiger partial charge in [0.1, 0.15) is 5.60 Å². The highest BCUT2D eigenvalue weighted by Crippen LogP contribution is 2.45. The molecule has 3 unspecified atom stereocenters. The Morgan fingerprint density at radius 1 is 1.39 bits per heavy atom. The van der Waals surface area contributed by atoms with Crippen molar-refractivity contribution in [2.24, 2.45) is 5.73 Å². The molecule has 3 heteroatoms. The van der Waals surface area contributed by atoms with Crippen molar-refractivity contribution in [1.29, 1.82) is 0 Å². The second-order valence-corrected chi connectivity index (χ2v) is 5.49. The minimum atomic E-state index is -0.131. The fourth-order valence-electron chi connectivity index (χ4n) is 3.25. The molecule has 1 fully saturated rings. The largest absolute Gasteiger partial charge is 0.375 e. The first-order valence-electron chi connectivity index (χ1n) is 6.78. The smallest absolute Gasteiger partial charge is 0.101 e. The second-order valence-electron chi connectivity index (χ2n) is 5.49. The van der Waals surface area contributed by atoms with E-state index in [1.165, 1.54) is 11.1 Å². The molecule has 98 valence electrons. The Balaban J connectivity index is 1.84. The molecule has 1 aromatic rings. The minimum Gasteiger partial charge on any atom is -0.375 e. The van der Waals surface area contributed by atoms with Crippen LogP contribution in [0, 0.1) is 0 Å². The van der Waals surface area contributed by atoms with Crippen LogP contribution in [-0.2, 0) is 16.1 Å². The van der Waals surface area contributed by atoms with Crippen molar-refractivity contribution >= 4 is 0 Å². The lowest BCUT2D eigenvalue weighted by atomic mass is 9.77. The van der Waals surface area contributed by atoms with Crippen molar-refractivity contribution < 1.29 is 9.47 Å². The van der Waals surface area contributed by atoms with Gasteiger partial charge in [-0.05, 0) is 24.1 Å². The van der Waals surface area contributed by atoms with Crippen LogP contribution in [0.25, 0.3) is 0 Å². The normalized spacial score (nSPS) is 34.8. The molecule has 0 saturated carbocycles. The van der Waals surface area contributed by atoms with E-state index in [1.807, 2.05) is 0 Å². The third-order valence-electron chi connectivity index (χ3n) is 4.45. The van der Waals surface area contributed by atoms with E-state index in [0.29, 0.717) is 25.7 Å². The van der Waals surface area contributed by atoms with Gasteiger partial charge in [-0.3, -0.25) is 0 Å². The first-order valence-corrected chi connectivity index (χ1v) is 6.78. The van der Waals surface area contributed by atoms with Gasteiger partial charge < -0.3 is 15.2 Å². The van der Waals surface area contributed by atoms with Crippen LogP contribution >= 0.6 is 0 Å². The molecule has 3 nitrogen and oxygen atoms in total. The van der Waals surface area contributed by atoms with Crippen LogP contribution in [-0.4, -0.2) is 24.9 Å². The quantitative estimate of drug-likeness (QED) is 0.871. The lowest BCUT2D eigenvalue weighted by Gasteiger charge is -2.39. The van der Waals surface area contributed by atoms with E-state index in [9.17, 15) is 0 Å². The third-order valence-corrected chi connectivity index (χ3v) is 4.45. The Morgan fingerprint density at radius 3 is 3.06 bits per heavy atom. The van der Waals surface area contributed by atoms with Crippen molar-refractivity contribution in [2.75, 3.05) is 13.2 Å². The average molecular weight is 247 g/mol. The molecule has 0 bridgehead atoms. The summed E-state index contributed by atoms with van der Waals surface area (Å²) in [6.45, 7) is 4.35. The van der Waals surface area contributed by atoms with Gasteiger partial charge in [0.05, 0.1) is 19.3 Å². The van der Waals surface area contributed by atoms with E-state index in [1.54, 1.807) is 0 Å². The zero-order valence-corrected chi connectivity index (χ0v) is 10.9. The van der Waals surface area contributed by atoms with Crippen LogP contribution in [0.1, 0.15) is 36.8 Å². The fraction of sp³-hybridized carbons (Fsp3) is 0.600. The molecule has 2 aliphatic rings. The SMILES string of the molecule is CC1c2ccccc2COC12COC(CCN)C2. The number of ether oxygens (including phenoxy) is 2. The van der Waals surface area contributed by atoms with E-state index in [2.05, 4.69) is 31.2 Å². The highest BCUT2D eigenvalue weighted by Gasteiger charge is 2.48. The average Bonchev–Trinajstić information content (AvgIpc) is 2.80. The number of benzene rings is 1. The Labute approximate surface area is 108 Å².